The van der Waals surface area contributed by atoms with Gasteiger partial charge in [-0.15, -0.1) is 0 Å². The van der Waals surface area contributed by atoms with E-state index in [2.05, 4.69) is 5.32 Å². The first kappa shape index (κ1) is 7.53. The minimum atomic E-state index is -0.693. The van der Waals surface area contributed by atoms with E-state index in [9.17, 15) is 9.59 Å². The van der Waals surface area contributed by atoms with E-state index in [1.807, 2.05) is 0 Å². The Labute approximate surface area is 63.2 Å². The third-order valence-corrected chi connectivity index (χ3v) is 1.33. The number of likely N-dealkylation sites (N-methyl/N-ethyl adjacent to an activating group) is 1. The molecule has 0 radical (unpaired) electrons. The highest BCUT2D eigenvalue weighted by Crippen LogP contribution is 2.07. The van der Waals surface area contributed by atoms with Crippen LogP contribution in [0.25, 0.3) is 0 Å². The Morgan fingerprint density at radius 3 is 2.36 bits per heavy atom. The number of rotatable bonds is 1. The lowest BCUT2D eigenvalue weighted by molar-refractivity contribution is -0.131. The average Bonchev–Trinajstić information content (AvgIpc) is 1.97. The molecule has 11 heavy (non-hydrogen) atoms. The predicted octanol–water partition coefficient (Wildman–Crippen LogP) is -0.317. The molecule has 0 aromatic heterocycles. The van der Waals surface area contributed by atoms with E-state index in [0.717, 1.165) is 12.2 Å². The molecular weight excluding hydrogens is 146 g/mol. The number of hydrogen-bond acceptors (Lipinski definition) is 4. The third-order valence-electron chi connectivity index (χ3n) is 1.33. The second kappa shape index (κ2) is 2.57. The summed E-state index contributed by atoms with van der Waals surface area (Å²) in [4.78, 5) is 21.3. The molecule has 1 aliphatic carbocycles. The number of nitrogens with one attached hydrogen (secondary N) is 1. The molecular formula is C7H7NO3. The molecule has 0 atom stereocenters. The van der Waals surface area contributed by atoms with E-state index < -0.39 is 11.6 Å². The zero-order valence-electron chi connectivity index (χ0n) is 5.92. The Hall–Kier alpha value is -1.58. The Morgan fingerprint density at radius 1 is 1.27 bits per heavy atom. The van der Waals surface area contributed by atoms with E-state index in [0.29, 0.717) is 0 Å². The molecule has 1 rings (SSSR count). The molecule has 0 unspecified atom stereocenters. The molecule has 0 aromatic carbocycles. The molecule has 0 heterocycles. The third kappa shape index (κ3) is 1.29. The second-order valence-corrected chi connectivity index (χ2v) is 2.07. The first-order chi connectivity index (χ1) is 5.15. The van der Waals surface area contributed by atoms with Gasteiger partial charge in [-0.1, -0.05) is 0 Å². The van der Waals surface area contributed by atoms with Crippen LogP contribution in [0.1, 0.15) is 0 Å². The molecule has 0 saturated carbocycles. The predicted molar refractivity (Wildman–Crippen MR) is 37.9 cm³/mol. The first-order valence-corrected chi connectivity index (χ1v) is 3.04. The molecule has 0 amide bonds. The minimum Gasteiger partial charge on any atom is -0.506 e. The molecule has 58 valence electrons. The van der Waals surface area contributed by atoms with Gasteiger partial charge < -0.3 is 10.4 Å². The summed E-state index contributed by atoms with van der Waals surface area (Å²) < 4.78 is 0. The fourth-order valence-corrected chi connectivity index (χ4v) is 0.749. The number of carbonyl (C=O) groups is 2. The van der Waals surface area contributed by atoms with Gasteiger partial charge in [0.25, 0.3) is 0 Å². The second-order valence-electron chi connectivity index (χ2n) is 2.07. The standard InChI is InChI=1S/C7H7NO3/c1-8-4-2-6(10)7(11)3-5(4)9/h2-3,8-9H,1H3. The number of allylic oxidation sites excluding steroid dienone is 2. The van der Waals surface area contributed by atoms with Gasteiger partial charge in [-0.3, -0.25) is 9.59 Å². The van der Waals surface area contributed by atoms with Crippen molar-refractivity contribution in [2.75, 3.05) is 7.05 Å². The number of aliphatic hydroxyl groups is 1. The maximum atomic E-state index is 10.7. The highest BCUT2D eigenvalue weighted by Gasteiger charge is 2.18. The van der Waals surface area contributed by atoms with Gasteiger partial charge in [-0.05, 0) is 0 Å². The van der Waals surface area contributed by atoms with E-state index >= 15 is 0 Å². The lowest BCUT2D eigenvalue weighted by atomic mass is 10.1. The Balaban J connectivity index is 3.00. The summed E-state index contributed by atoms with van der Waals surface area (Å²) in [7, 11) is 1.55. The largest absolute Gasteiger partial charge is 0.506 e. The molecule has 2 N–H and O–H groups in total. The highest BCUT2D eigenvalue weighted by atomic mass is 16.3. The van der Waals surface area contributed by atoms with Crippen LogP contribution in [-0.2, 0) is 9.59 Å². The maximum absolute atomic E-state index is 10.7. The minimum absolute atomic E-state index is 0.197. The lowest BCUT2D eigenvalue weighted by Crippen LogP contribution is -2.20. The number of carbonyl (C=O) groups excluding carboxylic acids is 2. The fourth-order valence-electron chi connectivity index (χ4n) is 0.749. The summed E-state index contributed by atoms with van der Waals surface area (Å²) in [6.45, 7) is 0. The van der Waals surface area contributed by atoms with Crippen LogP contribution in [0.15, 0.2) is 23.6 Å². The van der Waals surface area contributed by atoms with Crippen LogP contribution < -0.4 is 5.32 Å². The molecule has 0 aromatic rings. The summed E-state index contributed by atoms with van der Waals surface area (Å²) in [6, 6.07) is 0. The summed E-state index contributed by atoms with van der Waals surface area (Å²) in [5.74, 6) is -1.51. The molecule has 4 heteroatoms. The van der Waals surface area contributed by atoms with Crippen LogP contribution in [-0.4, -0.2) is 23.7 Å². The number of hydrogen-bond donors (Lipinski definition) is 2. The summed E-state index contributed by atoms with van der Waals surface area (Å²) >= 11 is 0. The highest BCUT2D eigenvalue weighted by molar-refractivity contribution is 6.46. The SMILES string of the molecule is CNC1=CC(=O)C(=O)C=C1O. The van der Waals surface area contributed by atoms with Gasteiger partial charge >= 0.3 is 0 Å². The average molecular weight is 153 g/mol. The van der Waals surface area contributed by atoms with Crippen molar-refractivity contribution in [1.29, 1.82) is 0 Å². The summed E-state index contributed by atoms with van der Waals surface area (Å²) in [5.41, 5.74) is 0.273. The molecule has 0 spiro atoms. The van der Waals surface area contributed by atoms with Crippen molar-refractivity contribution in [2.45, 2.75) is 0 Å². The molecule has 1 aliphatic rings. The van der Waals surface area contributed by atoms with Gasteiger partial charge in [0.05, 0.1) is 5.70 Å². The van der Waals surface area contributed by atoms with Gasteiger partial charge in [0.1, 0.15) is 5.76 Å². The smallest absolute Gasteiger partial charge is 0.229 e. The lowest BCUT2D eigenvalue weighted by Gasteiger charge is -2.07. The molecule has 0 aliphatic heterocycles. The normalized spacial score (nSPS) is 17.5. The van der Waals surface area contributed by atoms with E-state index in [1.165, 1.54) is 0 Å². The van der Waals surface area contributed by atoms with Crippen molar-refractivity contribution in [2.24, 2.45) is 0 Å². The monoisotopic (exact) mass is 153 g/mol. The molecule has 4 nitrogen and oxygen atoms in total. The van der Waals surface area contributed by atoms with Crippen molar-refractivity contribution in [3.8, 4) is 0 Å². The van der Waals surface area contributed by atoms with Crippen molar-refractivity contribution in [3.63, 3.8) is 0 Å². The Kier molecular flexibility index (Phi) is 1.76. The summed E-state index contributed by atoms with van der Waals surface area (Å²) in [5, 5.41) is 11.6. The van der Waals surface area contributed by atoms with Crippen LogP contribution in [0, 0.1) is 0 Å². The van der Waals surface area contributed by atoms with Gasteiger partial charge in [0.2, 0.25) is 11.6 Å². The van der Waals surface area contributed by atoms with Crippen molar-refractivity contribution in [1.82, 2.24) is 5.32 Å². The number of ketones is 2. The quantitative estimate of drug-likeness (QED) is 0.400. The van der Waals surface area contributed by atoms with E-state index in [-0.39, 0.29) is 11.5 Å². The van der Waals surface area contributed by atoms with Crippen molar-refractivity contribution < 1.29 is 14.7 Å². The van der Waals surface area contributed by atoms with Crippen molar-refractivity contribution in [3.05, 3.63) is 23.6 Å². The Morgan fingerprint density at radius 2 is 1.82 bits per heavy atom. The van der Waals surface area contributed by atoms with Gasteiger partial charge in [0, 0.05) is 19.2 Å². The molecule has 0 bridgehead atoms. The van der Waals surface area contributed by atoms with Gasteiger partial charge in [0.15, 0.2) is 0 Å². The Bertz CT molecular complexity index is 275. The maximum Gasteiger partial charge on any atom is 0.229 e. The van der Waals surface area contributed by atoms with Crippen LogP contribution in [0.4, 0.5) is 0 Å². The van der Waals surface area contributed by atoms with Crippen LogP contribution in [0.5, 0.6) is 0 Å². The topological polar surface area (TPSA) is 66.4 Å². The van der Waals surface area contributed by atoms with Gasteiger partial charge in [-0.25, -0.2) is 0 Å². The zero-order chi connectivity index (χ0) is 8.43. The zero-order valence-corrected chi connectivity index (χ0v) is 5.92. The van der Waals surface area contributed by atoms with Crippen LogP contribution in [0.2, 0.25) is 0 Å². The van der Waals surface area contributed by atoms with E-state index in [4.69, 9.17) is 5.11 Å². The fraction of sp³-hybridized carbons (Fsp3) is 0.143. The molecule has 0 fully saturated rings. The van der Waals surface area contributed by atoms with Crippen LogP contribution in [0.3, 0.4) is 0 Å². The van der Waals surface area contributed by atoms with Crippen LogP contribution >= 0.6 is 0 Å². The van der Waals surface area contributed by atoms with Gasteiger partial charge in [-0.2, -0.15) is 0 Å². The van der Waals surface area contributed by atoms with Crippen molar-refractivity contribution >= 4 is 11.6 Å². The first-order valence-electron chi connectivity index (χ1n) is 3.04. The number of aliphatic hydroxyl groups excluding tert-OH is 1. The molecule has 0 saturated heterocycles. The summed E-state index contributed by atoms with van der Waals surface area (Å²) in [6.07, 6.45) is 1.96. The van der Waals surface area contributed by atoms with E-state index in [1.54, 1.807) is 7.05 Å².